The van der Waals surface area contributed by atoms with Gasteiger partial charge in [-0.05, 0) is 61.6 Å². The highest BCUT2D eigenvalue weighted by Gasteiger charge is 2.76. The Kier molecular flexibility index (Phi) is 7.35. The maximum absolute atomic E-state index is 14.1. The molecule has 3 fully saturated rings. The van der Waals surface area contributed by atoms with E-state index in [1.54, 1.807) is 25.1 Å². The van der Waals surface area contributed by atoms with Crippen molar-refractivity contribution in [2.45, 2.75) is 41.8 Å². The topological polar surface area (TPSA) is 104 Å². The van der Waals surface area contributed by atoms with Crippen LogP contribution in [0.5, 0.6) is 11.5 Å². The van der Waals surface area contributed by atoms with E-state index < -0.39 is 74.9 Å². The monoisotopic (exact) mass is 734 g/mol. The fourth-order valence-electron chi connectivity index (χ4n) is 7.03. The molecular weight excluding hydrogens is 716 g/mol. The highest BCUT2D eigenvalue weighted by atomic mass is 79.9. The van der Waals surface area contributed by atoms with Crippen LogP contribution in [0.4, 0.5) is 18.9 Å². The molecule has 0 aromatic heterocycles. The number of fused-ring (bicyclic) bond motifs is 4. The number of hydrogen-bond donors (Lipinski definition) is 1. The molecule has 4 amide bonds. The molecule has 44 heavy (non-hydrogen) atoms. The Bertz CT molecular complexity index is 1690. The zero-order chi connectivity index (χ0) is 32.1. The van der Waals surface area contributed by atoms with Gasteiger partial charge in [-0.2, -0.15) is 0 Å². The molecule has 2 saturated heterocycles. The Balaban J connectivity index is 1.53. The van der Waals surface area contributed by atoms with Crippen molar-refractivity contribution in [3.63, 3.8) is 0 Å². The smallest absolute Gasteiger partial charge is 0.508 e. The molecule has 4 aliphatic rings. The third-order valence-corrected chi connectivity index (χ3v) is 11.3. The molecule has 6 unspecified atom stereocenters. The number of ether oxygens (including phenoxy) is 1. The lowest BCUT2D eigenvalue weighted by Gasteiger charge is -2.50. The summed E-state index contributed by atoms with van der Waals surface area (Å²) in [5.74, 6) is -8.54. The molecule has 2 heterocycles. The number of phenols is 1. The summed E-state index contributed by atoms with van der Waals surface area (Å²) in [6, 6.07) is 7.43. The van der Waals surface area contributed by atoms with Gasteiger partial charge in [-0.1, -0.05) is 45.2 Å². The summed E-state index contributed by atoms with van der Waals surface area (Å²) in [7, 11) is 0. The van der Waals surface area contributed by atoms with E-state index in [9.17, 15) is 37.5 Å². The second-order valence-corrected chi connectivity index (χ2v) is 13.4. The number of anilines is 1. The summed E-state index contributed by atoms with van der Waals surface area (Å²) in [5.41, 5.74) is 0.708. The maximum Gasteiger partial charge on any atom is 0.573 e. The number of aromatic hydroxyl groups is 1. The number of imide groups is 2. The van der Waals surface area contributed by atoms with Gasteiger partial charge < -0.3 is 9.84 Å². The minimum absolute atomic E-state index is 0.0136. The first-order valence-corrected chi connectivity index (χ1v) is 15.5. The van der Waals surface area contributed by atoms with Crippen molar-refractivity contribution in [2.75, 3.05) is 10.4 Å². The van der Waals surface area contributed by atoms with Crippen molar-refractivity contribution < 1.29 is 42.2 Å². The summed E-state index contributed by atoms with van der Waals surface area (Å²) in [6.07, 6.45) is -3.81. The van der Waals surface area contributed by atoms with Crippen LogP contribution in [0.25, 0.3) is 0 Å². The first-order chi connectivity index (χ1) is 20.5. The number of benzene rings is 2. The normalized spacial score (nSPS) is 31.6. The molecule has 1 saturated carbocycles. The predicted molar refractivity (Wildman–Crippen MR) is 157 cm³/mol. The van der Waals surface area contributed by atoms with E-state index in [2.05, 4.69) is 20.7 Å². The van der Waals surface area contributed by atoms with E-state index in [4.69, 9.17) is 34.8 Å². The van der Waals surface area contributed by atoms with E-state index in [0.717, 1.165) is 33.6 Å². The largest absolute Gasteiger partial charge is 0.573 e. The standard InChI is InChI=1S/C29H21BrCl3F3N2O6/c1-12-2-3-13(8-19(12)31)38-23(40)16-6-5-15-18(21(16)24(38)41)10-27(32)25(42)37(11-30)26(43)28(27,33)22(15)17-9-14(4-7-20(17)39)44-29(34,35)36/h2-5,7-9,16,18,21-22,39H,6,10-11H2,1H3. The van der Waals surface area contributed by atoms with Gasteiger partial charge in [-0.3, -0.25) is 24.1 Å². The molecule has 6 rings (SSSR count). The summed E-state index contributed by atoms with van der Waals surface area (Å²) in [4.78, 5) is 52.5. The number of rotatable bonds is 4. The fraction of sp³-hybridized carbons (Fsp3) is 0.379. The second kappa shape index (κ2) is 10.4. The van der Waals surface area contributed by atoms with Crippen LogP contribution in [0.1, 0.15) is 29.9 Å². The van der Waals surface area contributed by atoms with E-state index in [1.807, 2.05) is 0 Å². The molecule has 0 radical (unpaired) electrons. The Labute approximate surface area is 271 Å². The average Bonchev–Trinajstić information content (AvgIpc) is 3.28. The van der Waals surface area contributed by atoms with Gasteiger partial charge in [0.1, 0.15) is 11.5 Å². The van der Waals surface area contributed by atoms with Crippen LogP contribution in [-0.4, -0.2) is 55.2 Å². The number of halogens is 7. The van der Waals surface area contributed by atoms with Gasteiger partial charge in [0.25, 0.3) is 11.8 Å². The quantitative estimate of drug-likeness (QED) is 0.175. The molecule has 232 valence electrons. The summed E-state index contributed by atoms with van der Waals surface area (Å²) < 4.78 is 43.6. The lowest BCUT2D eigenvalue weighted by molar-refractivity contribution is -0.274. The van der Waals surface area contributed by atoms with Crippen LogP contribution in [0.15, 0.2) is 48.0 Å². The van der Waals surface area contributed by atoms with Gasteiger partial charge >= 0.3 is 6.36 Å². The highest BCUT2D eigenvalue weighted by molar-refractivity contribution is 9.09. The number of nitrogens with zero attached hydrogens (tertiary/aromatic N) is 2. The Morgan fingerprint density at radius 1 is 1.05 bits per heavy atom. The molecule has 15 heteroatoms. The number of alkyl halides is 6. The molecule has 2 aromatic carbocycles. The minimum Gasteiger partial charge on any atom is -0.508 e. The molecule has 0 spiro atoms. The van der Waals surface area contributed by atoms with Crippen LogP contribution in [-0.2, 0) is 19.2 Å². The van der Waals surface area contributed by atoms with Crippen molar-refractivity contribution in [1.82, 2.24) is 4.90 Å². The highest BCUT2D eigenvalue weighted by Crippen LogP contribution is 2.66. The molecule has 2 aromatic rings. The lowest BCUT2D eigenvalue weighted by Crippen LogP contribution is -2.60. The first kappa shape index (κ1) is 31.2. The van der Waals surface area contributed by atoms with Crippen LogP contribution >= 0.6 is 50.7 Å². The maximum atomic E-state index is 14.1. The van der Waals surface area contributed by atoms with E-state index in [0.29, 0.717) is 10.6 Å². The predicted octanol–water partition coefficient (Wildman–Crippen LogP) is 6.17. The van der Waals surface area contributed by atoms with Crippen molar-refractivity contribution in [3.8, 4) is 11.5 Å². The molecule has 6 atom stereocenters. The van der Waals surface area contributed by atoms with Gasteiger partial charge in [0.2, 0.25) is 11.8 Å². The van der Waals surface area contributed by atoms with Crippen LogP contribution < -0.4 is 9.64 Å². The van der Waals surface area contributed by atoms with Crippen molar-refractivity contribution >= 4 is 80.0 Å². The third-order valence-electron chi connectivity index (χ3n) is 8.97. The number of likely N-dealkylation sites (tertiary alicyclic amines) is 1. The number of allylic oxidation sites excluding steroid dienone is 2. The summed E-state index contributed by atoms with van der Waals surface area (Å²) in [5, 5.41) is 11.3. The molecule has 0 bridgehead atoms. The fourth-order valence-corrected chi connectivity index (χ4v) is 8.63. The second-order valence-electron chi connectivity index (χ2n) is 11.2. The van der Waals surface area contributed by atoms with Crippen molar-refractivity contribution in [1.29, 1.82) is 0 Å². The summed E-state index contributed by atoms with van der Waals surface area (Å²) in [6.45, 7) is 1.76. The first-order valence-electron chi connectivity index (χ1n) is 13.3. The summed E-state index contributed by atoms with van der Waals surface area (Å²) >= 11 is 23.6. The Morgan fingerprint density at radius 2 is 1.75 bits per heavy atom. The number of carbonyl (C=O) groups is 4. The van der Waals surface area contributed by atoms with Gasteiger partial charge in [0.05, 0.1) is 23.0 Å². The van der Waals surface area contributed by atoms with Crippen molar-refractivity contribution in [3.05, 3.63) is 64.2 Å². The molecular formula is C29H21BrCl3F3N2O6. The Hall–Kier alpha value is -2.80. The van der Waals surface area contributed by atoms with Crippen molar-refractivity contribution in [2.24, 2.45) is 17.8 Å². The molecule has 2 aliphatic heterocycles. The molecule has 1 N–H and O–H groups in total. The number of carbonyl (C=O) groups excluding carboxylic acids is 4. The number of phenolic OH excluding ortho intramolecular Hbond substituents is 1. The van der Waals surface area contributed by atoms with Crippen LogP contribution in [0.2, 0.25) is 5.02 Å². The van der Waals surface area contributed by atoms with Gasteiger partial charge in [0.15, 0.2) is 9.75 Å². The number of amides is 4. The van der Waals surface area contributed by atoms with E-state index in [-0.39, 0.29) is 29.5 Å². The van der Waals surface area contributed by atoms with Gasteiger partial charge in [0, 0.05) is 16.5 Å². The van der Waals surface area contributed by atoms with Gasteiger partial charge in [-0.15, -0.1) is 36.4 Å². The zero-order valence-corrected chi connectivity index (χ0v) is 26.4. The Morgan fingerprint density at radius 3 is 2.39 bits per heavy atom. The zero-order valence-electron chi connectivity index (χ0n) is 22.5. The van der Waals surface area contributed by atoms with E-state index in [1.165, 1.54) is 6.07 Å². The van der Waals surface area contributed by atoms with Crippen LogP contribution in [0, 0.1) is 24.7 Å². The minimum atomic E-state index is -5.08. The SMILES string of the molecule is Cc1ccc(N2C(=O)C3CC=C4C(CC5(Cl)C(=O)N(CBr)C(=O)C5(Cl)C4c4cc(OC(F)(F)F)ccc4O)C3C2=O)cc1Cl. The lowest BCUT2D eigenvalue weighted by atomic mass is 9.56. The third kappa shape index (κ3) is 4.31. The van der Waals surface area contributed by atoms with Crippen LogP contribution in [0.3, 0.4) is 0 Å². The number of aryl methyl sites for hydroxylation is 1. The number of hydrogen-bond acceptors (Lipinski definition) is 6. The van der Waals surface area contributed by atoms with Gasteiger partial charge in [-0.25, -0.2) is 4.90 Å². The molecule has 8 nitrogen and oxygen atoms in total. The average molecular weight is 737 g/mol. The van der Waals surface area contributed by atoms with E-state index >= 15 is 0 Å². The molecule has 2 aliphatic carbocycles.